The zero-order chi connectivity index (χ0) is 11.4. The molecule has 16 heavy (non-hydrogen) atoms. The molecule has 0 spiro atoms. The average molecular weight is 230 g/mol. The van der Waals surface area contributed by atoms with E-state index < -0.39 is 0 Å². The van der Waals surface area contributed by atoms with Crippen LogP contribution in [0, 0.1) is 11.4 Å². The fourth-order valence-corrected chi connectivity index (χ4v) is 2.63. The zero-order valence-corrected chi connectivity index (χ0v) is 10.6. The molecular weight excluding hydrogens is 214 g/mol. The Morgan fingerprint density at radius 3 is 2.69 bits per heavy atom. The number of aromatic nitrogens is 1. The largest absolute Gasteiger partial charge is 0.238 e. The maximum atomic E-state index is 4.36. The first-order valence-corrected chi connectivity index (χ1v) is 6.46. The summed E-state index contributed by atoms with van der Waals surface area (Å²) in [4.78, 5) is 5.75. The third-order valence-corrected chi connectivity index (χ3v) is 3.31. The Labute approximate surface area is 101 Å². The molecule has 0 bridgehead atoms. The third kappa shape index (κ3) is 2.92. The number of thiazole rings is 1. The zero-order valence-electron chi connectivity index (χ0n) is 9.73. The SMILES string of the molecule is CC(C)Cc1s[c]nc1Cc1ccccc1. The van der Waals surface area contributed by atoms with Crippen molar-refractivity contribution in [1.82, 2.24) is 4.98 Å². The molecule has 83 valence electrons. The number of hydrogen-bond acceptors (Lipinski definition) is 2. The van der Waals surface area contributed by atoms with Crippen LogP contribution >= 0.6 is 11.3 Å². The van der Waals surface area contributed by atoms with Gasteiger partial charge in [-0.05, 0) is 17.9 Å². The van der Waals surface area contributed by atoms with Crippen LogP contribution in [0.5, 0.6) is 0 Å². The highest BCUT2D eigenvalue weighted by Crippen LogP contribution is 2.20. The minimum atomic E-state index is 0.684. The van der Waals surface area contributed by atoms with E-state index in [1.54, 1.807) is 11.3 Å². The predicted molar refractivity (Wildman–Crippen MR) is 68.7 cm³/mol. The van der Waals surface area contributed by atoms with E-state index in [1.807, 2.05) is 6.07 Å². The van der Waals surface area contributed by atoms with Gasteiger partial charge in [-0.1, -0.05) is 44.2 Å². The molecular formula is C14H16NS. The maximum Gasteiger partial charge on any atom is 0.152 e. The second-order valence-electron chi connectivity index (χ2n) is 4.44. The molecule has 1 radical (unpaired) electrons. The summed E-state index contributed by atoms with van der Waals surface area (Å²) in [7, 11) is 0. The van der Waals surface area contributed by atoms with Crippen molar-refractivity contribution in [3.63, 3.8) is 0 Å². The first kappa shape index (κ1) is 11.3. The molecule has 0 aliphatic rings. The van der Waals surface area contributed by atoms with Crippen molar-refractivity contribution < 1.29 is 0 Å². The summed E-state index contributed by atoms with van der Waals surface area (Å²) >= 11 is 1.66. The molecule has 0 N–H and O–H groups in total. The molecule has 2 aromatic rings. The summed E-state index contributed by atoms with van der Waals surface area (Å²) in [6.07, 6.45) is 2.05. The van der Waals surface area contributed by atoms with Crippen LogP contribution in [0.1, 0.15) is 30.0 Å². The van der Waals surface area contributed by atoms with Crippen LogP contribution in [0.15, 0.2) is 30.3 Å². The number of nitrogens with zero attached hydrogens (tertiary/aromatic N) is 1. The lowest BCUT2D eigenvalue weighted by atomic mass is 10.0. The summed E-state index contributed by atoms with van der Waals surface area (Å²) in [5, 5.41) is 0. The highest BCUT2D eigenvalue weighted by molar-refractivity contribution is 7.09. The van der Waals surface area contributed by atoms with Gasteiger partial charge in [0.2, 0.25) is 0 Å². The van der Waals surface area contributed by atoms with Crippen molar-refractivity contribution in [3.05, 3.63) is 52.0 Å². The molecule has 0 saturated carbocycles. The molecule has 0 fully saturated rings. The Morgan fingerprint density at radius 2 is 2.00 bits per heavy atom. The second-order valence-corrected chi connectivity index (χ2v) is 5.31. The van der Waals surface area contributed by atoms with Crippen molar-refractivity contribution in [3.8, 4) is 0 Å². The van der Waals surface area contributed by atoms with Gasteiger partial charge in [0.25, 0.3) is 0 Å². The summed E-state index contributed by atoms with van der Waals surface area (Å²) in [5.74, 6) is 0.684. The van der Waals surface area contributed by atoms with Crippen molar-refractivity contribution in [2.24, 2.45) is 5.92 Å². The topological polar surface area (TPSA) is 12.9 Å². The normalized spacial score (nSPS) is 10.9. The lowest BCUT2D eigenvalue weighted by molar-refractivity contribution is 0.649. The number of hydrogen-bond donors (Lipinski definition) is 0. The molecule has 0 atom stereocenters. The molecule has 1 nitrogen and oxygen atoms in total. The van der Waals surface area contributed by atoms with E-state index in [-0.39, 0.29) is 0 Å². The smallest absolute Gasteiger partial charge is 0.152 e. The Bertz CT molecular complexity index is 431. The van der Waals surface area contributed by atoms with Crippen LogP contribution in [-0.2, 0) is 12.8 Å². The van der Waals surface area contributed by atoms with Gasteiger partial charge in [-0.2, -0.15) is 0 Å². The quantitative estimate of drug-likeness (QED) is 0.780. The van der Waals surface area contributed by atoms with Gasteiger partial charge in [0, 0.05) is 11.3 Å². The summed E-state index contributed by atoms with van der Waals surface area (Å²) in [6.45, 7) is 4.48. The molecule has 1 aromatic carbocycles. The van der Waals surface area contributed by atoms with E-state index in [0.29, 0.717) is 5.92 Å². The van der Waals surface area contributed by atoms with Gasteiger partial charge in [-0.25, -0.2) is 4.98 Å². The monoisotopic (exact) mass is 230 g/mol. The van der Waals surface area contributed by atoms with Gasteiger partial charge in [0.1, 0.15) is 0 Å². The lowest BCUT2D eigenvalue weighted by Gasteiger charge is -2.05. The molecule has 1 heterocycles. The number of benzene rings is 1. The van der Waals surface area contributed by atoms with E-state index in [2.05, 4.69) is 48.6 Å². The lowest BCUT2D eigenvalue weighted by Crippen LogP contribution is -1.97. The molecule has 0 amide bonds. The van der Waals surface area contributed by atoms with Gasteiger partial charge in [-0.3, -0.25) is 0 Å². The van der Waals surface area contributed by atoms with E-state index in [4.69, 9.17) is 0 Å². The second kappa shape index (κ2) is 5.26. The third-order valence-electron chi connectivity index (χ3n) is 2.48. The predicted octanol–water partition coefficient (Wildman–Crippen LogP) is 3.73. The van der Waals surface area contributed by atoms with Crippen LogP contribution in [0.2, 0.25) is 0 Å². The van der Waals surface area contributed by atoms with Crippen molar-refractivity contribution in [2.45, 2.75) is 26.7 Å². The van der Waals surface area contributed by atoms with Crippen LogP contribution < -0.4 is 0 Å². The van der Waals surface area contributed by atoms with Gasteiger partial charge >= 0.3 is 0 Å². The van der Waals surface area contributed by atoms with E-state index in [1.165, 1.54) is 16.1 Å². The molecule has 0 aliphatic heterocycles. The molecule has 0 saturated heterocycles. The van der Waals surface area contributed by atoms with Crippen LogP contribution in [0.3, 0.4) is 0 Å². The fraction of sp³-hybridized carbons (Fsp3) is 0.357. The Balaban J connectivity index is 2.13. The van der Waals surface area contributed by atoms with E-state index >= 15 is 0 Å². The van der Waals surface area contributed by atoms with E-state index in [9.17, 15) is 0 Å². The van der Waals surface area contributed by atoms with Gasteiger partial charge in [-0.15, -0.1) is 11.3 Å². The van der Waals surface area contributed by atoms with Crippen LogP contribution in [-0.4, -0.2) is 4.98 Å². The summed E-state index contributed by atoms with van der Waals surface area (Å²) in [5.41, 5.74) is 5.54. The molecule has 1 aromatic heterocycles. The highest BCUT2D eigenvalue weighted by Gasteiger charge is 2.08. The average Bonchev–Trinajstić information content (AvgIpc) is 2.66. The van der Waals surface area contributed by atoms with E-state index in [0.717, 1.165) is 12.8 Å². The molecule has 0 unspecified atom stereocenters. The molecule has 2 heteroatoms. The minimum Gasteiger partial charge on any atom is -0.238 e. The van der Waals surface area contributed by atoms with Crippen molar-refractivity contribution in [2.75, 3.05) is 0 Å². The summed E-state index contributed by atoms with van der Waals surface area (Å²) in [6, 6.07) is 10.5. The number of rotatable bonds is 4. The van der Waals surface area contributed by atoms with Crippen LogP contribution in [0.4, 0.5) is 0 Å². The Kier molecular flexibility index (Phi) is 3.73. The Hall–Kier alpha value is -1.15. The van der Waals surface area contributed by atoms with Crippen molar-refractivity contribution >= 4 is 11.3 Å². The molecule has 0 aliphatic carbocycles. The first-order valence-electron chi connectivity index (χ1n) is 5.64. The van der Waals surface area contributed by atoms with Crippen LogP contribution in [0.25, 0.3) is 0 Å². The van der Waals surface area contributed by atoms with Crippen molar-refractivity contribution in [1.29, 1.82) is 0 Å². The molecule has 2 rings (SSSR count). The Morgan fingerprint density at radius 1 is 1.25 bits per heavy atom. The van der Waals surface area contributed by atoms with Gasteiger partial charge in [0.15, 0.2) is 5.51 Å². The van der Waals surface area contributed by atoms with Gasteiger partial charge in [0.05, 0.1) is 5.69 Å². The minimum absolute atomic E-state index is 0.684. The first-order chi connectivity index (χ1) is 7.75. The van der Waals surface area contributed by atoms with Gasteiger partial charge < -0.3 is 0 Å². The standard InChI is InChI=1S/C14H16NS/c1-11(2)8-14-13(15-10-16-14)9-12-6-4-3-5-7-12/h3-7,11H,8-9H2,1-2H3. The summed E-state index contributed by atoms with van der Waals surface area (Å²) < 4.78 is 0. The fourth-order valence-electron chi connectivity index (χ4n) is 1.71. The highest BCUT2D eigenvalue weighted by atomic mass is 32.1. The maximum absolute atomic E-state index is 4.36.